The van der Waals surface area contributed by atoms with Crippen LogP contribution in [-0.2, 0) is 0 Å². The lowest BCUT2D eigenvalue weighted by Gasteiger charge is -2.28. The van der Waals surface area contributed by atoms with Gasteiger partial charge in [-0.15, -0.1) is 0 Å². The third kappa shape index (κ3) is 3.14. The summed E-state index contributed by atoms with van der Waals surface area (Å²) in [6, 6.07) is 6.65. The maximum absolute atomic E-state index is 5.89. The minimum absolute atomic E-state index is 0.248. The van der Waals surface area contributed by atoms with E-state index in [1.54, 1.807) is 0 Å². The molecule has 0 radical (unpaired) electrons. The number of hydrogen-bond acceptors (Lipinski definition) is 4. The van der Waals surface area contributed by atoms with Crippen molar-refractivity contribution in [2.45, 2.75) is 18.9 Å². The molecule has 100 valence electrons. The molecule has 0 N–H and O–H groups in total. The molecule has 0 amide bonds. The minimum atomic E-state index is 0.248. The fraction of sp³-hybridized carbons (Fsp3) is 0.429. The Morgan fingerprint density at radius 2 is 2.11 bits per heavy atom. The highest BCUT2D eigenvalue weighted by Gasteiger charge is 2.19. The number of halogens is 1. The molecule has 0 unspecified atom stereocenters. The molecule has 1 aliphatic heterocycles. The molecule has 3 rings (SSSR count). The van der Waals surface area contributed by atoms with Gasteiger partial charge in [0, 0.05) is 28.2 Å². The molecular weight excluding hydrogens is 353 g/mol. The van der Waals surface area contributed by atoms with E-state index >= 15 is 0 Å². The molecule has 1 aromatic heterocycles. The third-order valence-electron chi connectivity index (χ3n) is 3.46. The Bertz CT molecular complexity index is 582. The predicted octanol–water partition coefficient (Wildman–Crippen LogP) is 2.71. The van der Waals surface area contributed by atoms with Gasteiger partial charge in [-0.1, -0.05) is 0 Å². The van der Waals surface area contributed by atoms with Crippen LogP contribution in [0.1, 0.15) is 12.8 Å². The van der Waals surface area contributed by atoms with E-state index in [2.05, 4.69) is 56.6 Å². The fourth-order valence-corrected chi connectivity index (χ4v) is 2.81. The first-order valence-electron chi connectivity index (χ1n) is 6.48. The Labute approximate surface area is 126 Å². The van der Waals surface area contributed by atoms with Gasteiger partial charge in [0.2, 0.25) is 0 Å². The van der Waals surface area contributed by atoms with Crippen LogP contribution in [0.15, 0.2) is 24.4 Å². The molecule has 4 nitrogen and oxygen atoms in total. The zero-order valence-corrected chi connectivity index (χ0v) is 13.0. The molecule has 0 aliphatic carbocycles. The van der Waals surface area contributed by atoms with Crippen molar-refractivity contribution in [3.05, 3.63) is 28.0 Å². The van der Waals surface area contributed by atoms with E-state index in [1.165, 1.54) is 3.57 Å². The van der Waals surface area contributed by atoms with Gasteiger partial charge in [0.15, 0.2) is 0 Å². The van der Waals surface area contributed by atoms with Gasteiger partial charge in [0.05, 0.1) is 5.52 Å². The number of ether oxygens (including phenoxy) is 1. The number of rotatable bonds is 2. The highest BCUT2D eigenvalue weighted by Crippen LogP contribution is 2.19. The van der Waals surface area contributed by atoms with Crippen LogP contribution in [0.25, 0.3) is 10.9 Å². The first kappa shape index (κ1) is 13.1. The van der Waals surface area contributed by atoms with Crippen molar-refractivity contribution in [1.29, 1.82) is 0 Å². The SMILES string of the molecule is CN1CCC(Oc2ncc3cc(I)ccc3n2)CC1. The van der Waals surface area contributed by atoms with Crippen molar-refractivity contribution in [2.75, 3.05) is 20.1 Å². The summed E-state index contributed by atoms with van der Waals surface area (Å²) in [5.74, 6) is 0. The van der Waals surface area contributed by atoms with E-state index in [1.807, 2.05) is 12.3 Å². The first-order chi connectivity index (χ1) is 9.20. The molecule has 1 aliphatic rings. The van der Waals surface area contributed by atoms with Crippen molar-refractivity contribution < 1.29 is 4.74 Å². The molecule has 1 aromatic carbocycles. The molecule has 2 aromatic rings. The van der Waals surface area contributed by atoms with Gasteiger partial charge in [0.1, 0.15) is 6.10 Å². The van der Waals surface area contributed by atoms with E-state index in [9.17, 15) is 0 Å². The van der Waals surface area contributed by atoms with Crippen LogP contribution in [0, 0.1) is 3.57 Å². The quantitative estimate of drug-likeness (QED) is 0.764. The number of nitrogens with zero attached hydrogens (tertiary/aromatic N) is 3. The van der Waals surface area contributed by atoms with E-state index in [0.29, 0.717) is 6.01 Å². The predicted molar refractivity (Wildman–Crippen MR) is 83.4 cm³/mol. The maximum Gasteiger partial charge on any atom is 0.317 e. The normalized spacial score (nSPS) is 17.8. The lowest BCUT2D eigenvalue weighted by Crippen LogP contribution is -2.35. The second-order valence-electron chi connectivity index (χ2n) is 4.98. The summed E-state index contributed by atoms with van der Waals surface area (Å²) in [7, 11) is 2.14. The van der Waals surface area contributed by atoms with Crippen LogP contribution in [0.3, 0.4) is 0 Å². The van der Waals surface area contributed by atoms with Crippen molar-refractivity contribution in [1.82, 2.24) is 14.9 Å². The van der Waals surface area contributed by atoms with E-state index < -0.39 is 0 Å². The van der Waals surface area contributed by atoms with Crippen molar-refractivity contribution in [2.24, 2.45) is 0 Å². The Kier molecular flexibility index (Phi) is 3.83. The van der Waals surface area contributed by atoms with Gasteiger partial charge in [-0.3, -0.25) is 0 Å². The molecule has 5 heteroatoms. The Morgan fingerprint density at radius 1 is 1.32 bits per heavy atom. The largest absolute Gasteiger partial charge is 0.460 e. The first-order valence-corrected chi connectivity index (χ1v) is 7.56. The van der Waals surface area contributed by atoms with Gasteiger partial charge < -0.3 is 9.64 Å². The zero-order chi connectivity index (χ0) is 13.2. The molecule has 0 saturated carbocycles. The van der Waals surface area contributed by atoms with Gasteiger partial charge in [0.25, 0.3) is 0 Å². The lowest BCUT2D eigenvalue weighted by molar-refractivity contribution is 0.105. The lowest BCUT2D eigenvalue weighted by atomic mass is 10.1. The number of fused-ring (bicyclic) bond motifs is 1. The maximum atomic E-state index is 5.89. The van der Waals surface area contributed by atoms with Crippen LogP contribution < -0.4 is 4.74 Å². The Balaban J connectivity index is 1.76. The number of likely N-dealkylation sites (tertiary alicyclic amines) is 1. The summed E-state index contributed by atoms with van der Waals surface area (Å²) in [5, 5.41) is 1.06. The van der Waals surface area contributed by atoms with Gasteiger partial charge in [-0.2, -0.15) is 4.98 Å². The molecule has 1 fully saturated rings. The van der Waals surface area contributed by atoms with Crippen molar-refractivity contribution in [3.63, 3.8) is 0 Å². The summed E-state index contributed by atoms with van der Waals surface area (Å²) in [4.78, 5) is 11.1. The summed E-state index contributed by atoms with van der Waals surface area (Å²) >= 11 is 2.29. The fourth-order valence-electron chi connectivity index (χ4n) is 2.30. The average Bonchev–Trinajstić information content (AvgIpc) is 2.42. The molecule has 0 spiro atoms. The van der Waals surface area contributed by atoms with E-state index in [-0.39, 0.29) is 6.10 Å². The number of hydrogen-bond donors (Lipinski definition) is 0. The third-order valence-corrected chi connectivity index (χ3v) is 4.13. The molecule has 2 heterocycles. The molecule has 0 bridgehead atoms. The van der Waals surface area contributed by atoms with Crippen LogP contribution >= 0.6 is 22.6 Å². The Morgan fingerprint density at radius 3 is 2.89 bits per heavy atom. The summed E-state index contributed by atoms with van der Waals surface area (Å²) < 4.78 is 7.08. The highest BCUT2D eigenvalue weighted by molar-refractivity contribution is 14.1. The van der Waals surface area contributed by atoms with Gasteiger partial charge >= 0.3 is 6.01 Å². The topological polar surface area (TPSA) is 38.2 Å². The monoisotopic (exact) mass is 369 g/mol. The molecule has 0 atom stereocenters. The minimum Gasteiger partial charge on any atom is -0.460 e. The van der Waals surface area contributed by atoms with Crippen molar-refractivity contribution in [3.8, 4) is 6.01 Å². The summed E-state index contributed by atoms with van der Waals surface area (Å²) in [5.41, 5.74) is 0.943. The second-order valence-corrected chi connectivity index (χ2v) is 6.22. The molecule has 1 saturated heterocycles. The van der Waals surface area contributed by atoms with E-state index in [0.717, 1.165) is 36.8 Å². The smallest absolute Gasteiger partial charge is 0.317 e. The van der Waals surface area contributed by atoms with Crippen LogP contribution in [-0.4, -0.2) is 41.1 Å². The zero-order valence-electron chi connectivity index (χ0n) is 10.8. The van der Waals surface area contributed by atoms with Crippen molar-refractivity contribution >= 4 is 33.5 Å². The number of benzene rings is 1. The van der Waals surface area contributed by atoms with Gasteiger partial charge in [-0.05, 0) is 60.7 Å². The number of piperidine rings is 1. The van der Waals surface area contributed by atoms with Crippen LogP contribution in [0.4, 0.5) is 0 Å². The summed E-state index contributed by atoms with van der Waals surface area (Å²) in [6.45, 7) is 2.16. The number of aromatic nitrogens is 2. The average molecular weight is 369 g/mol. The molecule has 19 heavy (non-hydrogen) atoms. The van der Waals surface area contributed by atoms with E-state index in [4.69, 9.17) is 4.74 Å². The second kappa shape index (κ2) is 5.58. The van der Waals surface area contributed by atoms with Crippen LogP contribution in [0.5, 0.6) is 6.01 Å². The van der Waals surface area contributed by atoms with Crippen LogP contribution in [0.2, 0.25) is 0 Å². The highest BCUT2D eigenvalue weighted by atomic mass is 127. The Hall–Kier alpha value is -0.950. The standard InChI is InChI=1S/C14H16IN3O/c1-18-6-4-12(5-7-18)19-14-16-9-10-8-11(15)2-3-13(10)17-14/h2-3,8-9,12H,4-7H2,1H3. The summed E-state index contributed by atoms with van der Waals surface area (Å²) in [6.07, 6.45) is 4.18. The molecular formula is C14H16IN3O. The van der Waals surface area contributed by atoms with Gasteiger partial charge in [-0.25, -0.2) is 4.98 Å².